The van der Waals surface area contributed by atoms with E-state index in [4.69, 9.17) is 4.74 Å². The van der Waals surface area contributed by atoms with Crippen molar-refractivity contribution in [3.8, 4) is 33.8 Å². The van der Waals surface area contributed by atoms with Crippen LogP contribution in [0.4, 0.5) is 34.1 Å². The summed E-state index contributed by atoms with van der Waals surface area (Å²) in [6.07, 6.45) is 0. The summed E-state index contributed by atoms with van der Waals surface area (Å²) < 4.78 is 6.63. The topological polar surface area (TPSA) is 15.7 Å². The third kappa shape index (κ3) is 6.61. The fourth-order valence-corrected chi connectivity index (χ4v) is 11.0. The summed E-state index contributed by atoms with van der Waals surface area (Å²) in [6, 6.07) is 91.7. The van der Waals surface area contributed by atoms with Gasteiger partial charge in [-0.15, -0.1) is 0 Å². The van der Waals surface area contributed by atoms with Gasteiger partial charge < -0.3 is 14.5 Å². The average Bonchev–Trinajstić information content (AvgIpc) is 3.69. The second-order valence-corrected chi connectivity index (χ2v) is 17.5. The number of anilines is 6. The maximum Gasteiger partial charge on any atom is 0.142 e. The van der Waals surface area contributed by atoms with E-state index in [1.165, 1.54) is 33.4 Å². The van der Waals surface area contributed by atoms with Crippen molar-refractivity contribution >= 4 is 45.9 Å². The van der Waals surface area contributed by atoms with Gasteiger partial charge in [0.15, 0.2) is 0 Å². The molecule has 1 aliphatic carbocycles. The highest BCUT2D eigenvalue weighted by atomic mass is 32.2. The molecule has 0 fully saturated rings. The van der Waals surface area contributed by atoms with Gasteiger partial charge in [0.2, 0.25) is 0 Å². The molecule has 3 nitrogen and oxygen atoms in total. The molecule has 0 spiro atoms. The molecule has 0 N–H and O–H groups in total. The van der Waals surface area contributed by atoms with Gasteiger partial charge in [-0.2, -0.15) is 0 Å². The van der Waals surface area contributed by atoms with Gasteiger partial charge in [0.05, 0.1) is 15.2 Å². The second-order valence-electron chi connectivity index (χ2n) is 16.4. The zero-order valence-electron chi connectivity index (χ0n) is 35.5. The van der Waals surface area contributed by atoms with Crippen LogP contribution in [0.5, 0.6) is 11.5 Å². The summed E-state index contributed by atoms with van der Waals surface area (Å²) in [5.41, 5.74) is 15.8. The highest BCUT2D eigenvalue weighted by Crippen LogP contribution is 2.62. The number of benzene rings is 10. The summed E-state index contributed by atoms with van der Waals surface area (Å²) in [5.74, 6) is 1.79. The van der Waals surface area contributed by atoms with E-state index in [9.17, 15) is 0 Å². The van der Waals surface area contributed by atoms with Gasteiger partial charge >= 0.3 is 0 Å². The SMILES string of the molecule is c1ccc(N(c2ccccc2)c2ccc(-c3ccc(C4(c5ccc(N(c6ccccc6)c6ccccc6)cc5)c5ccccc5-c5c4ccc4c5Sc5ccccc5O4)cc3)cc2)cc1. The fraction of sp³-hybridized carbons (Fsp3) is 0.0164. The summed E-state index contributed by atoms with van der Waals surface area (Å²) in [6.45, 7) is 0. The van der Waals surface area contributed by atoms with Crippen molar-refractivity contribution in [2.75, 3.05) is 9.80 Å². The van der Waals surface area contributed by atoms with Crippen LogP contribution < -0.4 is 14.5 Å². The summed E-state index contributed by atoms with van der Waals surface area (Å²) in [5, 5.41) is 0. The van der Waals surface area contributed by atoms with Gasteiger partial charge in [-0.1, -0.05) is 176 Å². The van der Waals surface area contributed by atoms with Crippen LogP contribution in [0.25, 0.3) is 22.3 Å². The maximum absolute atomic E-state index is 6.63. The van der Waals surface area contributed by atoms with E-state index in [1.807, 2.05) is 17.8 Å². The summed E-state index contributed by atoms with van der Waals surface area (Å²) >= 11 is 1.81. The lowest BCUT2D eigenvalue weighted by molar-refractivity contribution is 0.454. The summed E-state index contributed by atoms with van der Waals surface area (Å²) in [4.78, 5) is 6.91. The van der Waals surface area contributed by atoms with Gasteiger partial charge in [0.1, 0.15) is 11.5 Å². The average molecular weight is 851 g/mol. The van der Waals surface area contributed by atoms with Gasteiger partial charge in [-0.25, -0.2) is 0 Å². The molecule has 0 bridgehead atoms. The molecule has 1 atom stereocenters. The van der Waals surface area contributed by atoms with E-state index in [-0.39, 0.29) is 0 Å². The van der Waals surface area contributed by atoms with Gasteiger partial charge in [0.25, 0.3) is 0 Å². The minimum Gasteiger partial charge on any atom is -0.455 e. The molecular formula is C61H42N2OS. The van der Waals surface area contributed by atoms with Crippen LogP contribution in [0.15, 0.2) is 265 Å². The van der Waals surface area contributed by atoms with Crippen molar-refractivity contribution in [2.45, 2.75) is 15.2 Å². The number of fused-ring (bicyclic) bond motifs is 6. The Balaban J connectivity index is 0.995. The zero-order chi connectivity index (χ0) is 43.2. The predicted octanol–water partition coefficient (Wildman–Crippen LogP) is 16.9. The molecule has 0 saturated heterocycles. The lowest BCUT2D eigenvalue weighted by Gasteiger charge is -2.35. The van der Waals surface area contributed by atoms with E-state index in [0.717, 1.165) is 66.5 Å². The molecule has 1 unspecified atom stereocenters. The number of nitrogens with zero attached hydrogens (tertiary/aromatic N) is 2. The minimum absolute atomic E-state index is 0.615. The molecule has 308 valence electrons. The maximum atomic E-state index is 6.63. The van der Waals surface area contributed by atoms with Crippen LogP contribution in [0, 0.1) is 0 Å². The first-order valence-corrected chi connectivity index (χ1v) is 22.9. The first kappa shape index (κ1) is 38.6. The van der Waals surface area contributed by atoms with E-state index in [1.54, 1.807) is 0 Å². The van der Waals surface area contributed by atoms with E-state index >= 15 is 0 Å². The third-order valence-corrected chi connectivity index (χ3v) is 14.0. The van der Waals surface area contributed by atoms with E-state index in [2.05, 4.69) is 259 Å². The standard InChI is InChI=1S/C61H42N2OS/c1-5-17-47(18-6-1)62(48-19-7-2-8-20-48)51-37-31-44(32-38-51)43-29-33-45(34-30-43)61(46-35-39-52(40-36-46)63(49-21-9-3-10-22-49)50-23-11-4-12-24-50)54-26-14-13-25-53(54)59-55(61)41-42-57-60(59)65-58-28-16-15-27-56(58)64-57/h1-42H. The van der Waals surface area contributed by atoms with Gasteiger partial charge in [-0.05, 0) is 130 Å². The highest BCUT2D eigenvalue weighted by Gasteiger charge is 2.48. The summed E-state index contributed by atoms with van der Waals surface area (Å²) in [7, 11) is 0. The largest absolute Gasteiger partial charge is 0.455 e. The Kier molecular flexibility index (Phi) is 9.66. The number of rotatable bonds is 9. The Morgan fingerprint density at radius 2 is 0.738 bits per heavy atom. The molecule has 0 aromatic heterocycles. The molecule has 0 amide bonds. The van der Waals surface area contributed by atoms with Crippen LogP contribution in [-0.4, -0.2) is 0 Å². The van der Waals surface area contributed by atoms with Gasteiger partial charge in [0, 0.05) is 39.7 Å². The molecule has 0 radical (unpaired) electrons. The Labute approximate surface area is 384 Å². The molecular weight excluding hydrogens is 809 g/mol. The van der Waals surface area contributed by atoms with Gasteiger partial charge in [-0.3, -0.25) is 0 Å². The highest BCUT2D eigenvalue weighted by molar-refractivity contribution is 7.99. The second kappa shape index (κ2) is 16.3. The fourth-order valence-electron chi connectivity index (χ4n) is 9.91. The molecule has 10 aromatic carbocycles. The van der Waals surface area contributed by atoms with Crippen LogP contribution >= 0.6 is 11.8 Å². The number of para-hydroxylation sites is 5. The Morgan fingerprint density at radius 3 is 1.28 bits per heavy atom. The lowest BCUT2D eigenvalue weighted by atomic mass is 9.67. The zero-order valence-corrected chi connectivity index (χ0v) is 36.3. The van der Waals surface area contributed by atoms with Crippen molar-refractivity contribution in [1.29, 1.82) is 0 Å². The van der Waals surface area contributed by atoms with Crippen LogP contribution in [0.2, 0.25) is 0 Å². The Morgan fingerprint density at radius 1 is 0.323 bits per heavy atom. The molecule has 65 heavy (non-hydrogen) atoms. The van der Waals surface area contributed by atoms with Crippen molar-refractivity contribution in [3.05, 3.63) is 277 Å². The lowest BCUT2D eigenvalue weighted by Crippen LogP contribution is -2.28. The van der Waals surface area contributed by atoms with Crippen LogP contribution in [0.3, 0.4) is 0 Å². The molecule has 1 aliphatic heterocycles. The smallest absolute Gasteiger partial charge is 0.142 e. The van der Waals surface area contributed by atoms with Crippen LogP contribution in [-0.2, 0) is 5.41 Å². The molecule has 4 heteroatoms. The number of hydrogen-bond donors (Lipinski definition) is 0. The first-order valence-electron chi connectivity index (χ1n) is 22.1. The molecule has 10 aromatic rings. The molecule has 2 aliphatic rings. The molecule has 1 heterocycles. The third-order valence-electron chi connectivity index (χ3n) is 12.8. The van der Waals surface area contributed by atoms with Crippen molar-refractivity contribution in [3.63, 3.8) is 0 Å². The predicted molar refractivity (Wildman–Crippen MR) is 269 cm³/mol. The van der Waals surface area contributed by atoms with Crippen LogP contribution in [0.1, 0.15) is 22.3 Å². The van der Waals surface area contributed by atoms with E-state index < -0.39 is 5.41 Å². The number of ether oxygens (including phenoxy) is 1. The normalized spacial score (nSPS) is 14.3. The monoisotopic (exact) mass is 850 g/mol. The quantitative estimate of drug-likeness (QED) is 0.144. The van der Waals surface area contributed by atoms with Crippen molar-refractivity contribution in [2.24, 2.45) is 0 Å². The Hall–Kier alpha value is -8.05. The first-order chi connectivity index (χ1) is 32.2. The molecule has 12 rings (SSSR count). The van der Waals surface area contributed by atoms with E-state index in [0.29, 0.717) is 0 Å². The molecule has 0 saturated carbocycles. The van der Waals surface area contributed by atoms with Crippen molar-refractivity contribution in [1.82, 2.24) is 0 Å². The van der Waals surface area contributed by atoms with Crippen molar-refractivity contribution < 1.29 is 4.74 Å². The number of hydrogen-bond acceptors (Lipinski definition) is 4. The minimum atomic E-state index is -0.615. The Bertz CT molecular complexity index is 3210.